The van der Waals surface area contributed by atoms with Crippen LogP contribution in [0.1, 0.15) is 16.7 Å². The average Bonchev–Trinajstić information content (AvgIpc) is 2.78. The van der Waals surface area contributed by atoms with Gasteiger partial charge >= 0.3 is 0 Å². The fraction of sp³-hybridized carbons (Fsp3) is 0.115. The summed E-state index contributed by atoms with van der Waals surface area (Å²) < 4.78 is 28.2. The van der Waals surface area contributed by atoms with Crippen LogP contribution in [0.25, 0.3) is 21.9 Å². The summed E-state index contributed by atoms with van der Waals surface area (Å²) in [6, 6.07) is 21.3. The zero-order valence-electron chi connectivity index (χ0n) is 18.0. The first kappa shape index (κ1) is 21.6. The van der Waals surface area contributed by atoms with Crippen molar-refractivity contribution < 1.29 is 8.42 Å². The molecule has 0 fully saturated rings. The van der Waals surface area contributed by atoms with Crippen molar-refractivity contribution in [2.45, 2.75) is 13.3 Å². The molecule has 0 atom stereocenters. The van der Waals surface area contributed by atoms with Crippen molar-refractivity contribution in [2.24, 2.45) is 7.05 Å². The molecule has 32 heavy (non-hydrogen) atoms. The van der Waals surface area contributed by atoms with Gasteiger partial charge in [0.05, 0.1) is 0 Å². The third-order valence-corrected chi connectivity index (χ3v) is 6.44. The molecule has 4 aromatic rings. The normalized spacial score (nSPS) is 11.4. The van der Waals surface area contributed by atoms with Crippen molar-refractivity contribution in [1.29, 1.82) is 0 Å². The van der Waals surface area contributed by atoms with E-state index in [1.807, 2.05) is 49.5 Å². The molecule has 0 aliphatic heterocycles. The zero-order valence-corrected chi connectivity index (χ0v) is 18.8. The summed E-state index contributed by atoms with van der Waals surface area (Å²) in [5, 5.41) is 2.32. The van der Waals surface area contributed by atoms with Crippen LogP contribution in [0.15, 0.2) is 89.7 Å². The van der Waals surface area contributed by atoms with Gasteiger partial charge in [-0.05, 0) is 53.6 Å². The smallest absolute Gasteiger partial charge is 0.258 e. The molecule has 0 aliphatic carbocycles. The third-order valence-electron chi connectivity index (χ3n) is 5.49. The van der Waals surface area contributed by atoms with E-state index in [1.165, 1.54) is 5.56 Å². The van der Waals surface area contributed by atoms with Gasteiger partial charge in [0.25, 0.3) is 15.6 Å². The van der Waals surface area contributed by atoms with E-state index in [0.717, 1.165) is 33.0 Å². The summed E-state index contributed by atoms with van der Waals surface area (Å²) >= 11 is 0. The quantitative estimate of drug-likeness (QED) is 0.456. The van der Waals surface area contributed by atoms with Gasteiger partial charge in [0, 0.05) is 35.3 Å². The number of fused-ring (bicyclic) bond motifs is 1. The molecule has 1 N–H and O–H groups in total. The molecule has 0 aliphatic rings. The monoisotopic (exact) mass is 444 g/mol. The van der Waals surface area contributed by atoms with Crippen molar-refractivity contribution in [2.75, 3.05) is 4.72 Å². The van der Waals surface area contributed by atoms with Crippen LogP contribution in [-0.2, 0) is 23.5 Å². The highest BCUT2D eigenvalue weighted by Crippen LogP contribution is 2.33. The van der Waals surface area contributed by atoms with Crippen LogP contribution in [-0.4, -0.2) is 13.0 Å². The predicted molar refractivity (Wildman–Crippen MR) is 131 cm³/mol. The molecule has 0 spiro atoms. The third kappa shape index (κ3) is 4.36. The Kier molecular flexibility index (Phi) is 5.72. The second-order valence-corrected chi connectivity index (χ2v) is 9.48. The van der Waals surface area contributed by atoms with Gasteiger partial charge in [-0.1, -0.05) is 60.7 Å². The molecule has 1 heterocycles. The van der Waals surface area contributed by atoms with E-state index in [2.05, 4.69) is 35.6 Å². The SMILES string of the molecule is C=CS(=O)(=O)Nc1ccc(Cc2ccc(C)cc2)c(-c2cn(C)c(=O)c3ccccc23)c1. The Morgan fingerprint density at radius 1 is 0.969 bits per heavy atom. The predicted octanol–water partition coefficient (Wildman–Crippen LogP) is 4.99. The summed E-state index contributed by atoms with van der Waals surface area (Å²) in [4.78, 5) is 12.7. The minimum absolute atomic E-state index is 0.0760. The molecular formula is C26H24N2O3S. The lowest BCUT2D eigenvalue weighted by molar-refractivity contribution is 0.609. The summed E-state index contributed by atoms with van der Waals surface area (Å²) in [7, 11) is -1.92. The molecule has 1 aromatic heterocycles. The lowest BCUT2D eigenvalue weighted by Crippen LogP contribution is -2.16. The number of hydrogen-bond acceptors (Lipinski definition) is 3. The van der Waals surface area contributed by atoms with E-state index < -0.39 is 10.0 Å². The van der Waals surface area contributed by atoms with Crippen LogP contribution in [0.4, 0.5) is 5.69 Å². The van der Waals surface area contributed by atoms with Gasteiger partial charge in [0.1, 0.15) is 0 Å². The Hall–Kier alpha value is -3.64. The standard InChI is InChI=1S/C26H24N2O3S/c1-4-32(30,31)27-21-14-13-20(15-19-11-9-18(2)10-12-19)24(16-21)25-17-28(3)26(29)23-8-6-5-7-22(23)25/h4-14,16-17,27H,1,15H2,2-3H3. The van der Waals surface area contributed by atoms with Gasteiger partial charge in [-0.15, -0.1) is 0 Å². The number of nitrogens with one attached hydrogen (secondary N) is 1. The van der Waals surface area contributed by atoms with Gasteiger partial charge < -0.3 is 4.57 Å². The Bertz CT molecular complexity index is 1480. The van der Waals surface area contributed by atoms with Crippen LogP contribution >= 0.6 is 0 Å². The largest absolute Gasteiger partial charge is 0.317 e. The van der Waals surface area contributed by atoms with E-state index in [-0.39, 0.29) is 5.56 Å². The van der Waals surface area contributed by atoms with Crippen molar-refractivity contribution in [1.82, 2.24) is 4.57 Å². The Balaban J connectivity index is 1.94. The number of aromatic nitrogens is 1. The second kappa shape index (κ2) is 8.48. The van der Waals surface area contributed by atoms with Crippen molar-refractivity contribution in [3.05, 3.63) is 112 Å². The van der Waals surface area contributed by atoms with E-state index in [9.17, 15) is 13.2 Å². The highest BCUT2D eigenvalue weighted by Gasteiger charge is 2.15. The van der Waals surface area contributed by atoms with Gasteiger partial charge in [0.2, 0.25) is 0 Å². The van der Waals surface area contributed by atoms with Crippen molar-refractivity contribution >= 4 is 26.5 Å². The van der Waals surface area contributed by atoms with Crippen LogP contribution in [0.5, 0.6) is 0 Å². The van der Waals surface area contributed by atoms with E-state index in [0.29, 0.717) is 17.5 Å². The van der Waals surface area contributed by atoms with Crippen molar-refractivity contribution in [3.63, 3.8) is 0 Å². The molecule has 0 bridgehead atoms. The molecule has 0 amide bonds. The van der Waals surface area contributed by atoms with Gasteiger partial charge in [-0.2, -0.15) is 0 Å². The van der Waals surface area contributed by atoms with Crippen LogP contribution in [0.2, 0.25) is 0 Å². The van der Waals surface area contributed by atoms with Gasteiger partial charge in [-0.3, -0.25) is 9.52 Å². The molecule has 0 radical (unpaired) electrons. The molecular weight excluding hydrogens is 420 g/mol. The summed E-state index contributed by atoms with van der Waals surface area (Å²) in [5.41, 5.74) is 5.45. The topological polar surface area (TPSA) is 68.2 Å². The fourth-order valence-corrected chi connectivity index (χ4v) is 4.35. The fourth-order valence-electron chi connectivity index (χ4n) is 3.81. The van der Waals surface area contributed by atoms with Crippen LogP contribution in [0, 0.1) is 6.92 Å². The minimum atomic E-state index is -3.65. The van der Waals surface area contributed by atoms with Crippen LogP contribution < -0.4 is 10.3 Å². The number of nitrogens with zero attached hydrogens (tertiary/aromatic N) is 1. The highest BCUT2D eigenvalue weighted by atomic mass is 32.2. The van der Waals surface area contributed by atoms with Crippen molar-refractivity contribution in [3.8, 4) is 11.1 Å². The number of hydrogen-bond donors (Lipinski definition) is 1. The van der Waals surface area contributed by atoms with E-state index >= 15 is 0 Å². The van der Waals surface area contributed by atoms with Crippen LogP contribution in [0.3, 0.4) is 0 Å². The van der Waals surface area contributed by atoms with Gasteiger partial charge in [-0.25, -0.2) is 8.42 Å². The average molecular weight is 445 g/mol. The summed E-state index contributed by atoms with van der Waals surface area (Å²) in [5.74, 6) is 0. The first-order chi connectivity index (χ1) is 15.3. The van der Waals surface area contributed by atoms with E-state index in [4.69, 9.17) is 0 Å². The number of rotatable bonds is 6. The first-order valence-corrected chi connectivity index (χ1v) is 11.7. The number of benzene rings is 3. The molecule has 3 aromatic carbocycles. The number of sulfonamides is 1. The molecule has 0 saturated heterocycles. The lowest BCUT2D eigenvalue weighted by Gasteiger charge is -2.16. The molecule has 162 valence electrons. The molecule has 6 heteroatoms. The highest BCUT2D eigenvalue weighted by molar-refractivity contribution is 7.95. The maximum atomic E-state index is 12.7. The Morgan fingerprint density at radius 2 is 1.66 bits per heavy atom. The summed E-state index contributed by atoms with van der Waals surface area (Å²) in [6.45, 7) is 5.41. The zero-order chi connectivity index (χ0) is 22.9. The lowest BCUT2D eigenvalue weighted by atomic mass is 9.92. The minimum Gasteiger partial charge on any atom is -0.317 e. The maximum Gasteiger partial charge on any atom is 0.258 e. The molecule has 0 unspecified atom stereocenters. The summed E-state index contributed by atoms with van der Waals surface area (Å²) in [6.07, 6.45) is 2.48. The van der Waals surface area contributed by atoms with E-state index in [1.54, 1.807) is 17.7 Å². The first-order valence-electron chi connectivity index (χ1n) is 10.2. The number of aryl methyl sites for hydroxylation is 2. The number of pyridine rings is 1. The Labute approximate surface area is 187 Å². The van der Waals surface area contributed by atoms with Gasteiger partial charge in [0.15, 0.2) is 0 Å². The second-order valence-electron chi connectivity index (χ2n) is 7.85. The Morgan fingerprint density at radius 3 is 2.34 bits per heavy atom. The number of anilines is 1. The molecule has 4 rings (SSSR count). The molecule has 0 saturated carbocycles. The molecule has 5 nitrogen and oxygen atoms in total. The maximum absolute atomic E-state index is 12.7.